The molecule has 2 unspecified atom stereocenters. The van der Waals surface area contributed by atoms with Crippen LogP contribution in [-0.2, 0) is 30.4 Å². The van der Waals surface area contributed by atoms with Crippen molar-refractivity contribution in [3.63, 3.8) is 0 Å². The SMILES string of the molecule is COC(=O)C(COCc1ccccc1)NC(=O)CCC(NC(=O)OC(C)(C)C)C(C)C. The van der Waals surface area contributed by atoms with Gasteiger partial charge >= 0.3 is 12.1 Å². The Morgan fingerprint density at radius 3 is 2.23 bits per heavy atom. The first-order valence-corrected chi connectivity index (χ1v) is 10.5. The predicted octanol–water partition coefficient (Wildman–Crippen LogP) is 3.19. The Labute approximate surface area is 185 Å². The highest BCUT2D eigenvalue weighted by Gasteiger charge is 2.25. The summed E-state index contributed by atoms with van der Waals surface area (Å²) in [4.78, 5) is 36.5. The summed E-state index contributed by atoms with van der Waals surface area (Å²) in [6, 6.07) is 8.38. The van der Waals surface area contributed by atoms with Crippen LogP contribution in [0, 0.1) is 5.92 Å². The van der Waals surface area contributed by atoms with E-state index in [0.29, 0.717) is 13.0 Å². The molecule has 0 saturated heterocycles. The maximum Gasteiger partial charge on any atom is 0.407 e. The summed E-state index contributed by atoms with van der Waals surface area (Å²) in [5.74, 6) is -0.796. The van der Waals surface area contributed by atoms with Gasteiger partial charge in [0.15, 0.2) is 6.04 Å². The summed E-state index contributed by atoms with van der Waals surface area (Å²) < 4.78 is 15.6. The molecule has 0 saturated carbocycles. The number of nitrogens with one attached hydrogen (secondary N) is 2. The van der Waals surface area contributed by atoms with Crippen LogP contribution in [0.1, 0.15) is 53.0 Å². The molecule has 0 aliphatic carbocycles. The largest absolute Gasteiger partial charge is 0.467 e. The van der Waals surface area contributed by atoms with Gasteiger partial charge in [0, 0.05) is 12.5 Å². The van der Waals surface area contributed by atoms with Crippen LogP contribution in [0.25, 0.3) is 0 Å². The fourth-order valence-corrected chi connectivity index (χ4v) is 2.76. The number of carbonyl (C=O) groups is 3. The van der Waals surface area contributed by atoms with E-state index in [1.165, 1.54) is 7.11 Å². The van der Waals surface area contributed by atoms with Crippen molar-refractivity contribution in [2.45, 2.75) is 71.8 Å². The van der Waals surface area contributed by atoms with Crippen molar-refractivity contribution in [1.82, 2.24) is 10.6 Å². The highest BCUT2D eigenvalue weighted by Crippen LogP contribution is 2.12. The van der Waals surface area contributed by atoms with Crippen LogP contribution < -0.4 is 10.6 Å². The Kier molecular flexibility index (Phi) is 11.0. The van der Waals surface area contributed by atoms with E-state index < -0.39 is 23.7 Å². The minimum atomic E-state index is -0.905. The summed E-state index contributed by atoms with van der Waals surface area (Å²) in [7, 11) is 1.26. The molecule has 8 heteroatoms. The number of benzene rings is 1. The van der Waals surface area contributed by atoms with Crippen molar-refractivity contribution >= 4 is 18.0 Å². The van der Waals surface area contributed by atoms with Gasteiger partial charge in [0.1, 0.15) is 5.60 Å². The van der Waals surface area contributed by atoms with Gasteiger partial charge in [0.25, 0.3) is 0 Å². The molecule has 2 amide bonds. The van der Waals surface area contributed by atoms with Gasteiger partial charge in [-0.15, -0.1) is 0 Å². The van der Waals surface area contributed by atoms with Crippen molar-refractivity contribution in [2.75, 3.05) is 13.7 Å². The molecule has 0 aromatic heterocycles. The highest BCUT2D eigenvalue weighted by molar-refractivity contribution is 5.84. The van der Waals surface area contributed by atoms with Crippen LogP contribution in [-0.4, -0.2) is 49.4 Å². The third-order valence-corrected chi connectivity index (χ3v) is 4.41. The molecule has 0 radical (unpaired) electrons. The lowest BCUT2D eigenvalue weighted by Gasteiger charge is -2.26. The van der Waals surface area contributed by atoms with Gasteiger partial charge in [-0.05, 0) is 38.7 Å². The van der Waals surface area contributed by atoms with E-state index in [0.717, 1.165) is 5.56 Å². The minimum Gasteiger partial charge on any atom is -0.467 e. The summed E-state index contributed by atoms with van der Waals surface area (Å²) in [6.07, 6.45) is 0.0140. The number of amides is 2. The Morgan fingerprint density at radius 1 is 1.03 bits per heavy atom. The average molecular weight is 437 g/mol. The van der Waals surface area contributed by atoms with Crippen LogP contribution in [0.3, 0.4) is 0 Å². The second kappa shape index (κ2) is 12.9. The van der Waals surface area contributed by atoms with Crippen LogP contribution in [0.5, 0.6) is 0 Å². The summed E-state index contributed by atoms with van der Waals surface area (Å²) in [5, 5.41) is 5.47. The molecule has 31 heavy (non-hydrogen) atoms. The monoisotopic (exact) mass is 436 g/mol. The lowest BCUT2D eigenvalue weighted by molar-refractivity contribution is -0.147. The number of esters is 1. The van der Waals surface area contributed by atoms with E-state index >= 15 is 0 Å². The Bertz CT molecular complexity index is 700. The second-order valence-electron chi connectivity index (χ2n) is 8.68. The normalized spacial score (nSPS) is 13.3. The van der Waals surface area contributed by atoms with Crippen molar-refractivity contribution in [1.29, 1.82) is 0 Å². The van der Waals surface area contributed by atoms with E-state index in [4.69, 9.17) is 14.2 Å². The first kappa shape index (κ1) is 26.4. The number of methoxy groups -OCH3 is 1. The Morgan fingerprint density at radius 2 is 1.68 bits per heavy atom. The topological polar surface area (TPSA) is 103 Å². The zero-order chi connectivity index (χ0) is 23.4. The first-order chi connectivity index (χ1) is 14.5. The maximum absolute atomic E-state index is 12.4. The van der Waals surface area contributed by atoms with Gasteiger partial charge in [-0.2, -0.15) is 0 Å². The quantitative estimate of drug-likeness (QED) is 0.517. The van der Waals surface area contributed by atoms with Crippen LogP contribution >= 0.6 is 0 Å². The lowest BCUT2D eigenvalue weighted by Crippen LogP contribution is -2.46. The van der Waals surface area contributed by atoms with Crippen molar-refractivity contribution in [3.8, 4) is 0 Å². The van der Waals surface area contributed by atoms with Crippen molar-refractivity contribution < 1.29 is 28.6 Å². The van der Waals surface area contributed by atoms with Crippen LogP contribution in [0.15, 0.2) is 30.3 Å². The fourth-order valence-electron chi connectivity index (χ4n) is 2.76. The molecule has 0 heterocycles. The molecule has 0 fully saturated rings. The lowest BCUT2D eigenvalue weighted by atomic mass is 9.99. The molecule has 0 aliphatic heterocycles. The van der Waals surface area contributed by atoms with Crippen molar-refractivity contribution in [3.05, 3.63) is 35.9 Å². The van der Waals surface area contributed by atoms with E-state index in [9.17, 15) is 14.4 Å². The van der Waals surface area contributed by atoms with E-state index in [1.807, 2.05) is 44.2 Å². The zero-order valence-electron chi connectivity index (χ0n) is 19.4. The first-order valence-electron chi connectivity index (χ1n) is 10.5. The third kappa shape index (κ3) is 11.4. The minimum absolute atomic E-state index is 0.00290. The number of hydrogen-bond acceptors (Lipinski definition) is 6. The molecular weight excluding hydrogens is 400 g/mol. The fraction of sp³-hybridized carbons (Fsp3) is 0.609. The molecule has 0 bridgehead atoms. The molecule has 0 spiro atoms. The van der Waals surface area contributed by atoms with Gasteiger partial charge < -0.3 is 24.8 Å². The van der Waals surface area contributed by atoms with E-state index in [1.54, 1.807) is 20.8 Å². The molecule has 8 nitrogen and oxygen atoms in total. The third-order valence-electron chi connectivity index (χ3n) is 4.41. The summed E-state index contributed by atoms with van der Waals surface area (Å²) in [6.45, 7) is 9.59. The molecule has 174 valence electrons. The number of hydrogen-bond donors (Lipinski definition) is 2. The smallest absolute Gasteiger partial charge is 0.407 e. The number of alkyl carbamates (subject to hydrolysis) is 1. The molecule has 2 atom stereocenters. The maximum atomic E-state index is 12.4. The molecular formula is C23H36N2O6. The van der Waals surface area contributed by atoms with Crippen molar-refractivity contribution in [2.24, 2.45) is 5.92 Å². The average Bonchev–Trinajstić information content (AvgIpc) is 2.69. The summed E-state index contributed by atoms with van der Waals surface area (Å²) >= 11 is 0. The van der Waals surface area contributed by atoms with Gasteiger partial charge in [-0.25, -0.2) is 9.59 Å². The Balaban J connectivity index is 2.54. The van der Waals surface area contributed by atoms with Gasteiger partial charge in [-0.3, -0.25) is 4.79 Å². The number of carbonyl (C=O) groups excluding carboxylic acids is 3. The predicted molar refractivity (Wildman–Crippen MR) is 117 cm³/mol. The van der Waals surface area contributed by atoms with Gasteiger partial charge in [0.2, 0.25) is 5.91 Å². The second-order valence-corrected chi connectivity index (χ2v) is 8.68. The van der Waals surface area contributed by atoms with Gasteiger partial charge in [-0.1, -0.05) is 44.2 Å². The molecule has 1 aromatic carbocycles. The van der Waals surface area contributed by atoms with Crippen LogP contribution in [0.2, 0.25) is 0 Å². The molecule has 0 aliphatic rings. The molecule has 1 rings (SSSR count). The highest BCUT2D eigenvalue weighted by atomic mass is 16.6. The molecule has 2 N–H and O–H groups in total. The zero-order valence-corrected chi connectivity index (χ0v) is 19.4. The van der Waals surface area contributed by atoms with Gasteiger partial charge in [0.05, 0.1) is 20.3 Å². The standard InChI is InChI=1S/C23H36N2O6/c1-16(2)18(25-22(28)31-23(3,4)5)12-13-20(26)24-19(21(27)29-6)15-30-14-17-10-8-7-9-11-17/h7-11,16,18-19H,12-15H2,1-6H3,(H,24,26)(H,25,28). The van der Waals surface area contributed by atoms with E-state index in [-0.39, 0.29) is 30.9 Å². The molecule has 1 aromatic rings. The summed E-state index contributed by atoms with van der Waals surface area (Å²) in [5.41, 5.74) is 0.363. The number of rotatable bonds is 11. The number of ether oxygens (including phenoxy) is 3. The van der Waals surface area contributed by atoms with Crippen LogP contribution in [0.4, 0.5) is 4.79 Å². The Hall–Kier alpha value is -2.61. The van der Waals surface area contributed by atoms with E-state index in [2.05, 4.69) is 10.6 Å².